The second-order valence-corrected chi connectivity index (χ2v) is 10.1. The molecule has 0 aromatic heterocycles. The van der Waals surface area contributed by atoms with Crippen LogP contribution in [0.25, 0.3) is 0 Å². The summed E-state index contributed by atoms with van der Waals surface area (Å²) >= 11 is 0. The van der Waals surface area contributed by atoms with Gasteiger partial charge in [0, 0.05) is 5.92 Å². The number of aliphatic hydroxyl groups excluding tert-OH is 1. The standard InChI is InChI=1S/C23H34O3/c1-6-23-10-7-9-21(3,4)17(23)8-11-22(5)20(23)19(25)18-15(24)12-14(2)13-16(18)26-22/h12-13,17,19-20,24-25H,6-11H2,1-5H3/t17-,19-,20-,22-,23+/m0/s1. The summed E-state index contributed by atoms with van der Waals surface area (Å²) in [4.78, 5) is 0. The van der Waals surface area contributed by atoms with Crippen LogP contribution in [0.2, 0.25) is 0 Å². The van der Waals surface area contributed by atoms with Crippen molar-refractivity contribution < 1.29 is 14.9 Å². The summed E-state index contributed by atoms with van der Waals surface area (Å²) < 4.78 is 6.58. The number of hydrogen-bond acceptors (Lipinski definition) is 3. The normalized spacial score (nSPS) is 40.8. The molecule has 1 heterocycles. The maximum absolute atomic E-state index is 11.6. The zero-order valence-electron chi connectivity index (χ0n) is 16.9. The average Bonchev–Trinajstić information content (AvgIpc) is 2.52. The summed E-state index contributed by atoms with van der Waals surface area (Å²) in [7, 11) is 0. The van der Waals surface area contributed by atoms with Gasteiger partial charge in [0.1, 0.15) is 17.1 Å². The predicted octanol–water partition coefficient (Wildman–Crippen LogP) is 5.52. The molecule has 1 aliphatic heterocycles. The minimum atomic E-state index is -0.666. The van der Waals surface area contributed by atoms with E-state index in [0.717, 1.165) is 31.2 Å². The fraction of sp³-hybridized carbons (Fsp3) is 0.739. The van der Waals surface area contributed by atoms with Gasteiger partial charge < -0.3 is 14.9 Å². The molecule has 3 heteroatoms. The van der Waals surface area contributed by atoms with E-state index < -0.39 is 6.10 Å². The second-order valence-electron chi connectivity index (χ2n) is 10.1. The maximum atomic E-state index is 11.6. The molecule has 0 saturated heterocycles. The van der Waals surface area contributed by atoms with E-state index >= 15 is 0 Å². The number of benzene rings is 1. The van der Waals surface area contributed by atoms with E-state index in [1.54, 1.807) is 6.07 Å². The Hall–Kier alpha value is -1.22. The summed E-state index contributed by atoms with van der Waals surface area (Å²) in [6.07, 6.45) is 6.15. The van der Waals surface area contributed by atoms with Crippen LogP contribution in [-0.4, -0.2) is 15.8 Å². The fourth-order valence-corrected chi connectivity index (χ4v) is 7.20. The van der Waals surface area contributed by atoms with Gasteiger partial charge in [-0.05, 0) is 80.4 Å². The van der Waals surface area contributed by atoms with E-state index in [-0.39, 0.29) is 22.7 Å². The highest BCUT2D eigenvalue weighted by molar-refractivity contribution is 5.51. The first-order chi connectivity index (χ1) is 12.1. The molecule has 5 atom stereocenters. The van der Waals surface area contributed by atoms with E-state index in [1.165, 1.54) is 12.8 Å². The highest BCUT2D eigenvalue weighted by Crippen LogP contribution is 2.68. The zero-order chi connectivity index (χ0) is 18.9. The van der Waals surface area contributed by atoms with Gasteiger partial charge in [-0.3, -0.25) is 0 Å². The topological polar surface area (TPSA) is 49.7 Å². The number of aromatic hydroxyl groups is 1. The lowest BCUT2D eigenvalue weighted by Gasteiger charge is -2.65. The third kappa shape index (κ3) is 2.28. The molecule has 3 aliphatic rings. The molecular formula is C23H34O3. The Labute approximate surface area is 157 Å². The molecule has 1 aromatic rings. The van der Waals surface area contributed by atoms with Crippen LogP contribution >= 0.6 is 0 Å². The maximum Gasteiger partial charge on any atom is 0.129 e. The van der Waals surface area contributed by atoms with Crippen molar-refractivity contribution in [3.63, 3.8) is 0 Å². The monoisotopic (exact) mass is 358 g/mol. The van der Waals surface area contributed by atoms with Gasteiger partial charge in [0.2, 0.25) is 0 Å². The minimum Gasteiger partial charge on any atom is -0.507 e. The number of fused-ring (bicyclic) bond motifs is 4. The molecule has 0 unspecified atom stereocenters. The van der Waals surface area contributed by atoms with Crippen molar-refractivity contribution in [3.8, 4) is 11.5 Å². The molecule has 4 rings (SSSR count). The number of rotatable bonds is 1. The molecule has 1 aromatic carbocycles. The average molecular weight is 359 g/mol. The van der Waals surface area contributed by atoms with Crippen LogP contribution in [-0.2, 0) is 0 Å². The molecule has 26 heavy (non-hydrogen) atoms. The summed E-state index contributed by atoms with van der Waals surface area (Å²) in [6.45, 7) is 11.3. The van der Waals surface area contributed by atoms with Crippen molar-refractivity contribution in [1.29, 1.82) is 0 Å². The van der Waals surface area contributed by atoms with Crippen LogP contribution in [0, 0.1) is 29.6 Å². The Morgan fingerprint density at radius 2 is 1.88 bits per heavy atom. The van der Waals surface area contributed by atoms with E-state index in [9.17, 15) is 10.2 Å². The van der Waals surface area contributed by atoms with Gasteiger partial charge in [0.05, 0.1) is 11.7 Å². The lowest BCUT2D eigenvalue weighted by Crippen LogP contribution is -2.63. The molecular weight excluding hydrogens is 324 g/mol. The van der Waals surface area contributed by atoms with E-state index in [0.29, 0.717) is 22.6 Å². The lowest BCUT2D eigenvalue weighted by atomic mass is 9.42. The fourth-order valence-electron chi connectivity index (χ4n) is 7.20. The van der Waals surface area contributed by atoms with Crippen molar-refractivity contribution in [1.82, 2.24) is 0 Å². The van der Waals surface area contributed by atoms with Gasteiger partial charge in [-0.25, -0.2) is 0 Å². The molecule has 144 valence electrons. The SMILES string of the molecule is CC[C@@]12CCCC(C)(C)[C@@H]1CC[C@]1(C)Oc3cc(C)cc(O)c3[C@H](O)[C@H]21. The van der Waals surface area contributed by atoms with Gasteiger partial charge in [0.15, 0.2) is 0 Å². The van der Waals surface area contributed by atoms with Gasteiger partial charge in [0.25, 0.3) is 0 Å². The minimum absolute atomic E-state index is 0.0273. The van der Waals surface area contributed by atoms with Crippen LogP contribution in [0.15, 0.2) is 12.1 Å². The Morgan fingerprint density at radius 3 is 2.58 bits per heavy atom. The molecule has 2 fully saturated rings. The number of phenols is 1. The van der Waals surface area contributed by atoms with Gasteiger partial charge in [-0.2, -0.15) is 0 Å². The summed E-state index contributed by atoms with van der Waals surface area (Å²) in [5.74, 6) is 1.48. The van der Waals surface area contributed by atoms with Crippen molar-refractivity contribution in [2.75, 3.05) is 0 Å². The van der Waals surface area contributed by atoms with Gasteiger partial charge >= 0.3 is 0 Å². The number of ether oxygens (including phenoxy) is 1. The van der Waals surface area contributed by atoms with E-state index in [4.69, 9.17) is 4.74 Å². The molecule has 0 amide bonds. The summed E-state index contributed by atoms with van der Waals surface area (Å²) in [6, 6.07) is 3.72. The Bertz CT molecular complexity index is 724. The molecule has 3 nitrogen and oxygen atoms in total. The van der Waals surface area contributed by atoms with Crippen molar-refractivity contribution in [2.45, 2.75) is 84.8 Å². The quantitative estimate of drug-likeness (QED) is 0.695. The molecule has 0 radical (unpaired) electrons. The van der Waals surface area contributed by atoms with E-state index in [2.05, 4.69) is 27.7 Å². The highest BCUT2D eigenvalue weighted by atomic mass is 16.5. The molecule has 0 bridgehead atoms. The summed E-state index contributed by atoms with van der Waals surface area (Å²) in [5.41, 5.74) is 1.57. The smallest absolute Gasteiger partial charge is 0.129 e. The van der Waals surface area contributed by atoms with Crippen LogP contribution in [0.1, 0.15) is 83.5 Å². The Morgan fingerprint density at radius 1 is 1.15 bits per heavy atom. The van der Waals surface area contributed by atoms with Crippen molar-refractivity contribution in [3.05, 3.63) is 23.3 Å². The first-order valence-electron chi connectivity index (χ1n) is 10.4. The number of phenolic OH excluding ortho intramolecular Hbond substituents is 1. The highest BCUT2D eigenvalue weighted by Gasteiger charge is 2.64. The molecule has 0 spiro atoms. The van der Waals surface area contributed by atoms with Crippen LogP contribution in [0.5, 0.6) is 11.5 Å². The van der Waals surface area contributed by atoms with Crippen LogP contribution in [0.4, 0.5) is 0 Å². The summed E-state index contributed by atoms with van der Waals surface area (Å²) in [5, 5.41) is 22.2. The first kappa shape index (κ1) is 18.2. The van der Waals surface area contributed by atoms with Gasteiger partial charge in [-0.1, -0.05) is 27.2 Å². The number of hydrogen-bond donors (Lipinski definition) is 2. The van der Waals surface area contributed by atoms with E-state index in [1.807, 2.05) is 13.0 Å². The largest absolute Gasteiger partial charge is 0.507 e. The van der Waals surface area contributed by atoms with Crippen molar-refractivity contribution >= 4 is 0 Å². The molecule has 2 aliphatic carbocycles. The number of aryl methyl sites for hydroxylation is 1. The molecule has 2 N–H and O–H groups in total. The third-order valence-electron chi connectivity index (χ3n) is 8.18. The Balaban J connectivity index is 1.88. The third-order valence-corrected chi connectivity index (χ3v) is 8.18. The Kier molecular flexibility index (Phi) is 3.94. The predicted molar refractivity (Wildman–Crippen MR) is 103 cm³/mol. The first-order valence-corrected chi connectivity index (χ1v) is 10.4. The lowest BCUT2D eigenvalue weighted by molar-refractivity contribution is -0.210. The zero-order valence-corrected chi connectivity index (χ0v) is 16.9. The van der Waals surface area contributed by atoms with Crippen LogP contribution < -0.4 is 4.74 Å². The van der Waals surface area contributed by atoms with Crippen LogP contribution in [0.3, 0.4) is 0 Å². The second kappa shape index (κ2) is 5.64. The molecule has 2 saturated carbocycles. The van der Waals surface area contributed by atoms with Gasteiger partial charge in [-0.15, -0.1) is 0 Å². The van der Waals surface area contributed by atoms with Crippen molar-refractivity contribution in [2.24, 2.45) is 22.7 Å². The number of aliphatic hydroxyl groups is 1.